The van der Waals surface area contributed by atoms with Crippen LogP contribution in [0.15, 0.2) is 6.07 Å². The number of rotatable bonds is 5. The minimum atomic E-state index is -0.0201. The third-order valence-electron chi connectivity index (χ3n) is 2.80. The number of nitrogens with two attached hydrogens (primary N) is 1. The van der Waals surface area contributed by atoms with Crippen molar-refractivity contribution in [2.45, 2.75) is 39.7 Å². The van der Waals surface area contributed by atoms with Crippen LogP contribution in [0.5, 0.6) is 0 Å². The Balaban J connectivity index is 3.01. The SMILES string of the molecule is CCCC(C)N(C)c1nc(C)cc(C(=N)N)n1. The minimum absolute atomic E-state index is 0.0201. The van der Waals surface area contributed by atoms with Crippen LogP contribution in [-0.2, 0) is 0 Å². The van der Waals surface area contributed by atoms with Gasteiger partial charge in [-0.3, -0.25) is 5.41 Å². The lowest BCUT2D eigenvalue weighted by Crippen LogP contribution is -2.31. The average molecular weight is 235 g/mol. The Morgan fingerprint density at radius 1 is 1.53 bits per heavy atom. The van der Waals surface area contributed by atoms with Gasteiger partial charge in [-0.15, -0.1) is 0 Å². The first-order valence-corrected chi connectivity index (χ1v) is 5.88. The van der Waals surface area contributed by atoms with Gasteiger partial charge in [-0.1, -0.05) is 13.3 Å². The van der Waals surface area contributed by atoms with Crippen LogP contribution in [-0.4, -0.2) is 28.9 Å². The maximum atomic E-state index is 7.43. The van der Waals surface area contributed by atoms with Gasteiger partial charge in [0.2, 0.25) is 5.95 Å². The first-order chi connectivity index (χ1) is 7.95. The second-order valence-electron chi connectivity index (χ2n) is 4.36. The summed E-state index contributed by atoms with van der Waals surface area (Å²) >= 11 is 0. The van der Waals surface area contributed by atoms with Crippen LogP contribution in [0.2, 0.25) is 0 Å². The van der Waals surface area contributed by atoms with E-state index in [9.17, 15) is 0 Å². The molecule has 0 aliphatic carbocycles. The molecule has 0 spiro atoms. The van der Waals surface area contributed by atoms with Crippen LogP contribution in [0.25, 0.3) is 0 Å². The van der Waals surface area contributed by atoms with Crippen molar-refractivity contribution in [1.29, 1.82) is 5.41 Å². The zero-order valence-electron chi connectivity index (χ0n) is 11.0. The smallest absolute Gasteiger partial charge is 0.226 e. The van der Waals surface area contributed by atoms with E-state index < -0.39 is 0 Å². The highest BCUT2D eigenvalue weighted by Crippen LogP contribution is 2.14. The molecule has 0 aliphatic heterocycles. The van der Waals surface area contributed by atoms with Crippen LogP contribution < -0.4 is 10.6 Å². The topological polar surface area (TPSA) is 78.9 Å². The van der Waals surface area contributed by atoms with Crippen molar-refractivity contribution in [2.75, 3.05) is 11.9 Å². The molecule has 94 valence electrons. The molecule has 0 fully saturated rings. The summed E-state index contributed by atoms with van der Waals surface area (Å²) in [6.45, 7) is 6.18. The molecule has 0 saturated heterocycles. The second kappa shape index (κ2) is 5.61. The molecule has 0 aliphatic rings. The number of aromatic nitrogens is 2. The Kier molecular flexibility index (Phi) is 4.43. The monoisotopic (exact) mass is 235 g/mol. The summed E-state index contributed by atoms with van der Waals surface area (Å²) in [4.78, 5) is 10.7. The third kappa shape index (κ3) is 3.41. The summed E-state index contributed by atoms with van der Waals surface area (Å²) < 4.78 is 0. The fourth-order valence-electron chi connectivity index (χ4n) is 1.66. The Bertz CT molecular complexity index is 402. The summed E-state index contributed by atoms with van der Waals surface area (Å²) in [5.74, 6) is 0.615. The molecular formula is C12H21N5. The van der Waals surface area contributed by atoms with E-state index in [0.29, 0.717) is 17.7 Å². The fraction of sp³-hybridized carbons (Fsp3) is 0.583. The molecule has 0 aromatic carbocycles. The molecule has 3 N–H and O–H groups in total. The minimum Gasteiger partial charge on any atom is -0.382 e. The van der Waals surface area contributed by atoms with E-state index >= 15 is 0 Å². The molecular weight excluding hydrogens is 214 g/mol. The molecule has 1 rings (SSSR count). The van der Waals surface area contributed by atoms with E-state index in [1.807, 2.05) is 18.9 Å². The number of hydrogen-bond acceptors (Lipinski definition) is 4. The molecule has 5 nitrogen and oxygen atoms in total. The maximum Gasteiger partial charge on any atom is 0.226 e. The molecule has 5 heteroatoms. The Morgan fingerprint density at radius 3 is 2.71 bits per heavy atom. The van der Waals surface area contributed by atoms with E-state index in [0.717, 1.165) is 18.5 Å². The Hall–Kier alpha value is -1.65. The second-order valence-corrected chi connectivity index (χ2v) is 4.36. The molecule has 1 unspecified atom stereocenters. The summed E-state index contributed by atoms with van der Waals surface area (Å²) in [5, 5.41) is 7.43. The predicted octanol–water partition coefficient (Wildman–Crippen LogP) is 1.69. The number of anilines is 1. The lowest BCUT2D eigenvalue weighted by molar-refractivity contribution is 0.604. The molecule has 1 aromatic rings. The Morgan fingerprint density at radius 2 is 2.18 bits per heavy atom. The molecule has 1 heterocycles. The number of aryl methyl sites for hydroxylation is 1. The van der Waals surface area contributed by atoms with Crippen LogP contribution >= 0.6 is 0 Å². The van der Waals surface area contributed by atoms with Gasteiger partial charge < -0.3 is 10.6 Å². The van der Waals surface area contributed by atoms with Crippen LogP contribution in [0.4, 0.5) is 5.95 Å². The standard InChI is InChI=1S/C12H21N5/c1-5-6-9(3)17(4)12-15-8(2)7-10(16-12)11(13)14/h7,9H,5-6H2,1-4H3,(H3,13,14). The van der Waals surface area contributed by atoms with E-state index in [1.54, 1.807) is 6.07 Å². The van der Waals surface area contributed by atoms with E-state index in [4.69, 9.17) is 11.1 Å². The number of nitrogens with one attached hydrogen (secondary N) is 1. The van der Waals surface area contributed by atoms with Crippen LogP contribution in [0, 0.1) is 12.3 Å². The van der Waals surface area contributed by atoms with Crippen molar-refractivity contribution in [1.82, 2.24) is 9.97 Å². The summed E-state index contributed by atoms with van der Waals surface area (Å²) in [6.07, 6.45) is 2.21. The summed E-state index contributed by atoms with van der Waals surface area (Å²) in [5.41, 5.74) is 6.78. The van der Waals surface area contributed by atoms with Gasteiger partial charge in [0, 0.05) is 18.8 Å². The fourth-order valence-corrected chi connectivity index (χ4v) is 1.66. The molecule has 0 bridgehead atoms. The van der Waals surface area contributed by atoms with Gasteiger partial charge in [-0.25, -0.2) is 9.97 Å². The third-order valence-corrected chi connectivity index (χ3v) is 2.80. The van der Waals surface area contributed by atoms with Gasteiger partial charge in [0.25, 0.3) is 0 Å². The summed E-state index contributed by atoms with van der Waals surface area (Å²) in [7, 11) is 1.97. The first-order valence-electron chi connectivity index (χ1n) is 5.88. The molecule has 0 radical (unpaired) electrons. The van der Waals surface area contributed by atoms with Gasteiger partial charge in [-0.2, -0.15) is 0 Å². The number of nitrogens with zero attached hydrogens (tertiary/aromatic N) is 3. The quantitative estimate of drug-likeness (QED) is 0.601. The van der Waals surface area contributed by atoms with Crippen molar-refractivity contribution >= 4 is 11.8 Å². The maximum absolute atomic E-state index is 7.43. The molecule has 0 amide bonds. The van der Waals surface area contributed by atoms with Crippen molar-refractivity contribution in [3.63, 3.8) is 0 Å². The average Bonchev–Trinajstić information content (AvgIpc) is 2.27. The number of hydrogen-bond donors (Lipinski definition) is 2. The molecule has 1 atom stereocenters. The largest absolute Gasteiger partial charge is 0.382 e. The van der Waals surface area contributed by atoms with Gasteiger partial charge in [0.05, 0.1) is 0 Å². The predicted molar refractivity (Wildman–Crippen MR) is 70.6 cm³/mol. The van der Waals surface area contributed by atoms with Crippen molar-refractivity contribution < 1.29 is 0 Å². The van der Waals surface area contributed by atoms with Crippen molar-refractivity contribution in [2.24, 2.45) is 5.73 Å². The highest BCUT2D eigenvalue weighted by atomic mass is 15.3. The number of amidine groups is 1. The van der Waals surface area contributed by atoms with E-state index in [-0.39, 0.29) is 5.84 Å². The lowest BCUT2D eigenvalue weighted by atomic mass is 10.2. The van der Waals surface area contributed by atoms with Gasteiger partial charge in [-0.05, 0) is 26.3 Å². The van der Waals surface area contributed by atoms with Gasteiger partial charge in [0.1, 0.15) is 11.5 Å². The number of nitrogen functional groups attached to an aromatic ring is 1. The molecule has 17 heavy (non-hydrogen) atoms. The van der Waals surface area contributed by atoms with E-state index in [1.165, 1.54) is 0 Å². The molecule has 1 aromatic heterocycles. The lowest BCUT2D eigenvalue weighted by Gasteiger charge is -2.25. The van der Waals surface area contributed by atoms with Gasteiger partial charge >= 0.3 is 0 Å². The van der Waals surface area contributed by atoms with Crippen molar-refractivity contribution in [3.05, 3.63) is 17.5 Å². The van der Waals surface area contributed by atoms with Crippen LogP contribution in [0.1, 0.15) is 38.1 Å². The zero-order valence-corrected chi connectivity index (χ0v) is 11.0. The first kappa shape index (κ1) is 13.4. The normalized spacial score (nSPS) is 12.2. The summed E-state index contributed by atoms with van der Waals surface area (Å²) in [6, 6.07) is 2.10. The highest BCUT2D eigenvalue weighted by molar-refractivity contribution is 5.93. The molecule has 0 saturated carbocycles. The van der Waals surface area contributed by atoms with Gasteiger partial charge in [0.15, 0.2) is 0 Å². The zero-order chi connectivity index (χ0) is 13.0. The highest BCUT2D eigenvalue weighted by Gasteiger charge is 2.13. The Labute approximate surface area is 103 Å². The van der Waals surface area contributed by atoms with Crippen LogP contribution in [0.3, 0.4) is 0 Å². The van der Waals surface area contributed by atoms with E-state index in [2.05, 4.69) is 23.8 Å². The van der Waals surface area contributed by atoms with Crippen molar-refractivity contribution in [3.8, 4) is 0 Å².